The Morgan fingerprint density at radius 1 is 0.394 bits per heavy atom. The summed E-state index contributed by atoms with van der Waals surface area (Å²) in [6.45, 7) is 0. The molecular weight excluding hydrogens is 400 g/mol. The van der Waals surface area contributed by atoms with Crippen molar-refractivity contribution in [2.45, 2.75) is 5.41 Å². The number of hydrogen-bond acceptors (Lipinski definition) is 1. The largest absolute Gasteiger partial charge is 0.289 e. The van der Waals surface area contributed by atoms with Crippen LogP contribution in [0.25, 0.3) is 22.3 Å². The van der Waals surface area contributed by atoms with Gasteiger partial charge in [0, 0.05) is 11.1 Å². The number of rotatable bonds is 1. The third kappa shape index (κ3) is 2.29. The van der Waals surface area contributed by atoms with Gasteiger partial charge in [0.15, 0.2) is 5.78 Å². The van der Waals surface area contributed by atoms with Gasteiger partial charge >= 0.3 is 0 Å². The van der Waals surface area contributed by atoms with E-state index in [1.807, 2.05) is 24.3 Å². The monoisotopic (exact) mass is 420 g/mol. The SMILES string of the molecule is O=C1c2ccccc2C2(c3cc(-c4ccccc4)ccc31)c1ccccc1-c1ccccc12. The van der Waals surface area contributed by atoms with Crippen molar-refractivity contribution in [3.8, 4) is 22.3 Å². The zero-order valence-electron chi connectivity index (χ0n) is 18.0. The van der Waals surface area contributed by atoms with Crippen LogP contribution in [-0.2, 0) is 5.41 Å². The first-order chi connectivity index (χ1) is 16.3. The van der Waals surface area contributed by atoms with E-state index in [2.05, 4.69) is 97.1 Å². The summed E-state index contributed by atoms with van der Waals surface area (Å²) in [5, 5.41) is 0. The lowest BCUT2D eigenvalue weighted by Crippen LogP contribution is -2.36. The lowest BCUT2D eigenvalue weighted by atomic mass is 9.61. The molecule has 0 bridgehead atoms. The van der Waals surface area contributed by atoms with E-state index in [9.17, 15) is 4.79 Å². The van der Waals surface area contributed by atoms with Gasteiger partial charge in [-0.2, -0.15) is 0 Å². The molecule has 0 aromatic heterocycles. The topological polar surface area (TPSA) is 17.1 Å². The van der Waals surface area contributed by atoms with E-state index in [4.69, 9.17) is 0 Å². The highest BCUT2D eigenvalue weighted by Crippen LogP contribution is 2.59. The van der Waals surface area contributed by atoms with Crippen molar-refractivity contribution >= 4 is 5.78 Å². The Morgan fingerprint density at radius 3 is 1.52 bits per heavy atom. The summed E-state index contributed by atoms with van der Waals surface area (Å²) in [6, 6.07) is 42.3. The lowest BCUT2D eigenvalue weighted by Gasteiger charge is -2.39. The summed E-state index contributed by atoms with van der Waals surface area (Å²) in [6.07, 6.45) is 0. The summed E-state index contributed by atoms with van der Waals surface area (Å²) in [5.41, 5.74) is 10.5. The first kappa shape index (κ1) is 18.4. The molecule has 2 aliphatic carbocycles. The van der Waals surface area contributed by atoms with E-state index in [-0.39, 0.29) is 5.78 Å². The van der Waals surface area contributed by atoms with Gasteiger partial charge in [0.1, 0.15) is 0 Å². The van der Waals surface area contributed by atoms with Crippen LogP contribution in [0.3, 0.4) is 0 Å². The van der Waals surface area contributed by atoms with Gasteiger partial charge in [0.2, 0.25) is 0 Å². The van der Waals surface area contributed by atoms with E-state index >= 15 is 0 Å². The minimum absolute atomic E-state index is 0.104. The van der Waals surface area contributed by atoms with E-state index in [0.717, 1.165) is 33.4 Å². The highest BCUT2D eigenvalue weighted by atomic mass is 16.1. The predicted molar refractivity (Wildman–Crippen MR) is 133 cm³/mol. The van der Waals surface area contributed by atoms with Gasteiger partial charge in [-0.3, -0.25) is 4.79 Å². The number of carbonyl (C=O) groups excluding carboxylic acids is 1. The molecule has 0 amide bonds. The third-order valence-electron chi connectivity index (χ3n) is 7.30. The summed E-state index contributed by atoms with van der Waals surface area (Å²) >= 11 is 0. The first-order valence-electron chi connectivity index (χ1n) is 11.3. The van der Waals surface area contributed by atoms with Crippen LogP contribution in [-0.4, -0.2) is 5.78 Å². The highest BCUT2D eigenvalue weighted by molar-refractivity contribution is 6.15. The Hall–Kier alpha value is -4.23. The molecule has 0 atom stereocenters. The molecule has 0 saturated carbocycles. The summed E-state index contributed by atoms with van der Waals surface area (Å²) in [5.74, 6) is 0.104. The van der Waals surface area contributed by atoms with E-state index in [1.54, 1.807) is 0 Å². The summed E-state index contributed by atoms with van der Waals surface area (Å²) in [7, 11) is 0. The van der Waals surface area contributed by atoms with Gasteiger partial charge in [0.25, 0.3) is 0 Å². The van der Waals surface area contributed by atoms with Crippen molar-refractivity contribution in [3.63, 3.8) is 0 Å². The quantitative estimate of drug-likeness (QED) is 0.273. The zero-order chi connectivity index (χ0) is 22.0. The molecule has 7 rings (SSSR count). The van der Waals surface area contributed by atoms with Crippen LogP contribution in [0.15, 0.2) is 121 Å². The molecule has 1 heteroatoms. The molecule has 0 unspecified atom stereocenters. The van der Waals surface area contributed by atoms with Gasteiger partial charge in [-0.25, -0.2) is 0 Å². The molecule has 0 saturated heterocycles. The molecule has 33 heavy (non-hydrogen) atoms. The molecule has 0 aliphatic heterocycles. The van der Waals surface area contributed by atoms with E-state index in [1.165, 1.54) is 22.3 Å². The molecule has 0 heterocycles. The Bertz CT molecular complexity index is 1530. The Balaban J connectivity index is 1.67. The van der Waals surface area contributed by atoms with Crippen molar-refractivity contribution in [3.05, 3.63) is 155 Å². The third-order valence-corrected chi connectivity index (χ3v) is 7.30. The number of hydrogen-bond donors (Lipinski definition) is 0. The maximum atomic E-state index is 13.7. The van der Waals surface area contributed by atoms with Gasteiger partial charge in [-0.05, 0) is 50.6 Å². The Morgan fingerprint density at radius 2 is 0.879 bits per heavy atom. The lowest BCUT2D eigenvalue weighted by molar-refractivity contribution is 0.103. The molecular formula is C32H20O. The van der Waals surface area contributed by atoms with Crippen molar-refractivity contribution in [2.75, 3.05) is 0 Å². The Kier molecular flexibility index (Phi) is 3.69. The second kappa shape index (κ2) is 6.63. The number of fused-ring (bicyclic) bond motifs is 9. The van der Waals surface area contributed by atoms with Crippen LogP contribution < -0.4 is 0 Å². The van der Waals surface area contributed by atoms with Crippen LogP contribution >= 0.6 is 0 Å². The molecule has 0 radical (unpaired) electrons. The van der Waals surface area contributed by atoms with Crippen LogP contribution in [0.2, 0.25) is 0 Å². The Labute approximate surface area is 193 Å². The fourth-order valence-corrected chi connectivity index (χ4v) is 5.98. The second-order valence-corrected chi connectivity index (χ2v) is 8.84. The zero-order valence-corrected chi connectivity index (χ0v) is 18.0. The molecule has 1 nitrogen and oxygen atoms in total. The molecule has 0 fully saturated rings. The summed E-state index contributed by atoms with van der Waals surface area (Å²) in [4.78, 5) is 13.7. The van der Waals surface area contributed by atoms with Gasteiger partial charge in [0.05, 0.1) is 5.41 Å². The number of carbonyl (C=O) groups is 1. The maximum absolute atomic E-state index is 13.7. The second-order valence-electron chi connectivity index (χ2n) is 8.84. The summed E-state index contributed by atoms with van der Waals surface area (Å²) < 4.78 is 0. The van der Waals surface area contributed by atoms with Crippen LogP contribution in [0, 0.1) is 0 Å². The molecule has 1 spiro atoms. The smallest absolute Gasteiger partial charge is 0.193 e. The van der Waals surface area contributed by atoms with Gasteiger partial charge in [-0.15, -0.1) is 0 Å². The van der Waals surface area contributed by atoms with Crippen molar-refractivity contribution in [1.82, 2.24) is 0 Å². The average molecular weight is 421 g/mol. The number of benzene rings is 5. The average Bonchev–Trinajstić information content (AvgIpc) is 3.19. The van der Waals surface area contributed by atoms with Crippen LogP contribution in [0.4, 0.5) is 0 Å². The van der Waals surface area contributed by atoms with Crippen molar-refractivity contribution in [2.24, 2.45) is 0 Å². The van der Waals surface area contributed by atoms with E-state index < -0.39 is 5.41 Å². The molecule has 5 aromatic rings. The van der Waals surface area contributed by atoms with Crippen LogP contribution in [0.1, 0.15) is 38.2 Å². The minimum Gasteiger partial charge on any atom is -0.289 e. The van der Waals surface area contributed by atoms with E-state index in [0.29, 0.717) is 0 Å². The van der Waals surface area contributed by atoms with Gasteiger partial charge in [-0.1, -0.05) is 115 Å². The maximum Gasteiger partial charge on any atom is 0.193 e. The normalized spacial score (nSPS) is 14.4. The predicted octanol–water partition coefficient (Wildman–Crippen LogP) is 7.26. The molecule has 5 aromatic carbocycles. The molecule has 2 aliphatic rings. The molecule has 0 N–H and O–H groups in total. The minimum atomic E-state index is -0.516. The fourth-order valence-electron chi connectivity index (χ4n) is 5.98. The number of ketones is 1. The molecule has 154 valence electrons. The standard InChI is InChI=1S/C32H20O/c33-31-25-14-6-9-17-29(25)32(27-15-7-4-12-23(27)24-13-5-8-16-28(24)32)30-20-22(18-19-26(30)31)21-10-2-1-3-11-21/h1-20H. The fraction of sp³-hybridized carbons (Fsp3) is 0.0312. The van der Waals surface area contributed by atoms with Crippen molar-refractivity contribution in [1.29, 1.82) is 0 Å². The van der Waals surface area contributed by atoms with Crippen LogP contribution in [0.5, 0.6) is 0 Å². The first-order valence-corrected chi connectivity index (χ1v) is 11.3. The van der Waals surface area contributed by atoms with Gasteiger partial charge < -0.3 is 0 Å². The highest BCUT2D eigenvalue weighted by Gasteiger charge is 2.51. The van der Waals surface area contributed by atoms with Crippen molar-refractivity contribution < 1.29 is 4.79 Å².